The molecule has 5 rings (SSSR count). The molecule has 3 unspecified atom stereocenters. The fraction of sp³-hybridized carbons (Fsp3) is 0.414. The number of fused-ring (bicyclic) bond motifs is 1. The van der Waals surface area contributed by atoms with E-state index in [4.69, 9.17) is 14.2 Å². The van der Waals surface area contributed by atoms with Crippen molar-refractivity contribution < 1.29 is 33.7 Å². The molecule has 3 atom stereocenters. The van der Waals surface area contributed by atoms with Gasteiger partial charge in [-0.3, -0.25) is 4.79 Å². The minimum absolute atomic E-state index is 0.122. The van der Waals surface area contributed by atoms with E-state index in [2.05, 4.69) is 18.7 Å². The number of aliphatic hydroxyl groups is 1. The van der Waals surface area contributed by atoms with E-state index in [-0.39, 0.29) is 13.0 Å². The Morgan fingerprint density at radius 2 is 1.87 bits per heavy atom. The van der Waals surface area contributed by atoms with Crippen LogP contribution < -0.4 is 9.64 Å². The van der Waals surface area contributed by atoms with Crippen LogP contribution in [0.15, 0.2) is 61.2 Å². The van der Waals surface area contributed by atoms with Gasteiger partial charge in [0.2, 0.25) is 0 Å². The van der Waals surface area contributed by atoms with Gasteiger partial charge < -0.3 is 24.2 Å². The maximum absolute atomic E-state index is 13.3. The molecule has 9 nitrogen and oxygen atoms in total. The fourth-order valence-corrected chi connectivity index (χ4v) is 5.62. The monoisotopic (exact) mass is 520 g/mol. The molecule has 2 fully saturated rings. The Morgan fingerprint density at radius 1 is 1.13 bits per heavy atom. The van der Waals surface area contributed by atoms with Crippen LogP contribution in [-0.4, -0.2) is 59.2 Å². The van der Waals surface area contributed by atoms with Gasteiger partial charge in [0, 0.05) is 18.7 Å². The maximum atomic E-state index is 13.3. The van der Waals surface area contributed by atoms with Crippen LogP contribution in [0.25, 0.3) is 0 Å². The average Bonchev–Trinajstić information content (AvgIpc) is 3.20. The van der Waals surface area contributed by atoms with Gasteiger partial charge in [-0.25, -0.2) is 14.5 Å². The van der Waals surface area contributed by atoms with E-state index in [0.29, 0.717) is 42.3 Å². The minimum Gasteiger partial charge on any atom is -0.475 e. The molecule has 0 saturated carbocycles. The van der Waals surface area contributed by atoms with Crippen LogP contribution in [0.4, 0.5) is 5.69 Å². The molecule has 1 N–H and O–H groups in total. The largest absolute Gasteiger partial charge is 0.475 e. The van der Waals surface area contributed by atoms with E-state index in [1.807, 2.05) is 30.0 Å². The molecule has 1 amide bonds. The summed E-state index contributed by atoms with van der Waals surface area (Å²) in [4.78, 5) is 40.4. The van der Waals surface area contributed by atoms with Gasteiger partial charge in [-0.1, -0.05) is 49.4 Å². The quantitative estimate of drug-likeness (QED) is 0.322. The molecule has 3 aliphatic heterocycles. The highest BCUT2D eigenvalue weighted by Gasteiger charge is 2.59. The standard InChI is InChI=1S/C29H32N2O7/c1-3-14-30-22-11-8-12-23(21(22)18-29(28(30)35)37-26(33)27(34)38-29)36-25(4-2)31-15-13-20(17-24(31)32)16-19-9-6-5-7-10-19/h3,5-12,20,24-25,32H,1,4,13-18H2,2H3. The number of benzene rings is 2. The number of esters is 2. The summed E-state index contributed by atoms with van der Waals surface area (Å²) in [5.74, 6) is -4.29. The topological polar surface area (TPSA) is 106 Å². The lowest BCUT2D eigenvalue weighted by Gasteiger charge is -2.42. The van der Waals surface area contributed by atoms with Crippen LogP contribution in [0.5, 0.6) is 5.75 Å². The van der Waals surface area contributed by atoms with E-state index in [0.717, 1.165) is 12.8 Å². The van der Waals surface area contributed by atoms with Crippen molar-refractivity contribution in [2.24, 2.45) is 5.92 Å². The Bertz CT molecular complexity index is 1210. The molecule has 3 heterocycles. The molecular formula is C29H32N2O7. The summed E-state index contributed by atoms with van der Waals surface area (Å²) >= 11 is 0. The molecule has 2 aromatic rings. The molecule has 38 heavy (non-hydrogen) atoms. The number of carbonyl (C=O) groups is 3. The molecule has 1 spiro atoms. The van der Waals surface area contributed by atoms with Crippen molar-refractivity contribution in [3.8, 4) is 5.75 Å². The smallest absolute Gasteiger partial charge is 0.421 e. The summed E-state index contributed by atoms with van der Waals surface area (Å²) in [5, 5.41) is 11.1. The van der Waals surface area contributed by atoms with Crippen molar-refractivity contribution in [2.45, 2.75) is 57.3 Å². The highest BCUT2D eigenvalue weighted by Crippen LogP contribution is 2.43. The number of piperidine rings is 1. The van der Waals surface area contributed by atoms with E-state index < -0.39 is 36.1 Å². The lowest BCUT2D eigenvalue weighted by Crippen LogP contribution is -2.55. The van der Waals surface area contributed by atoms with Gasteiger partial charge in [-0.15, -0.1) is 6.58 Å². The van der Waals surface area contributed by atoms with Crippen molar-refractivity contribution in [3.05, 3.63) is 72.3 Å². The second kappa shape index (κ2) is 10.6. The number of hydrogen-bond acceptors (Lipinski definition) is 8. The van der Waals surface area contributed by atoms with Gasteiger partial charge in [0.05, 0.1) is 12.1 Å². The van der Waals surface area contributed by atoms with Crippen molar-refractivity contribution in [1.82, 2.24) is 4.90 Å². The number of ether oxygens (including phenoxy) is 3. The van der Waals surface area contributed by atoms with E-state index in [1.54, 1.807) is 18.2 Å². The number of nitrogens with zero attached hydrogens (tertiary/aromatic N) is 2. The molecule has 0 aliphatic carbocycles. The van der Waals surface area contributed by atoms with Gasteiger partial charge in [-0.05, 0) is 49.3 Å². The molecule has 2 saturated heterocycles. The number of carbonyl (C=O) groups excluding carboxylic acids is 3. The molecule has 200 valence electrons. The summed E-state index contributed by atoms with van der Waals surface area (Å²) in [5.41, 5.74) is 2.40. The summed E-state index contributed by atoms with van der Waals surface area (Å²) in [6, 6.07) is 15.6. The third kappa shape index (κ3) is 4.79. The molecule has 3 aliphatic rings. The van der Waals surface area contributed by atoms with Gasteiger partial charge in [0.25, 0.3) is 0 Å². The molecule has 0 bridgehead atoms. The number of amides is 1. The Labute approximate surface area is 221 Å². The Hall–Kier alpha value is -3.69. The fourth-order valence-electron chi connectivity index (χ4n) is 5.62. The van der Waals surface area contributed by atoms with Crippen LogP contribution >= 0.6 is 0 Å². The first-order valence-electron chi connectivity index (χ1n) is 13.0. The SMILES string of the molecule is C=CCN1C(=O)C2(Cc3c(OC(CC)N4CCC(Cc5ccccc5)CC4O)cccc31)OC(=O)C(=O)O2. The van der Waals surface area contributed by atoms with E-state index >= 15 is 0 Å². The first-order valence-corrected chi connectivity index (χ1v) is 13.0. The van der Waals surface area contributed by atoms with Gasteiger partial charge in [0.15, 0.2) is 6.23 Å². The zero-order valence-corrected chi connectivity index (χ0v) is 21.4. The molecule has 0 aromatic heterocycles. The zero-order chi connectivity index (χ0) is 26.9. The number of likely N-dealkylation sites (tertiary alicyclic amines) is 1. The van der Waals surface area contributed by atoms with Crippen LogP contribution in [0.2, 0.25) is 0 Å². The van der Waals surface area contributed by atoms with Crippen LogP contribution in [0, 0.1) is 5.92 Å². The van der Waals surface area contributed by atoms with Crippen LogP contribution in [0.1, 0.15) is 37.3 Å². The maximum Gasteiger partial charge on any atom is 0.421 e. The predicted octanol–water partition coefficient (Wildman–Crippen LogP) is 2.95. The highest BCUT2D eigenvalue weighted by molar-refractivity contribution is 6.32. The minimum atomic E-state index is -2.07. The van der Waals surface area contributed by atoms with Gasteiger partial charge >= 0.3 is 23.6 Å². The van der Waals surface area contributed by atoms with Crippen LogP contribution in [0.3, 0.4) is 0 Å². The number of rotatable bonds is 8. The lowest BCUT2D eigenvalue weighted by molar-refractivity contribution is -0.188. The van der Waals surface area contributed by atoms with E-state index in [9.17, 15) is 19.5 Å². The molecule has 0 radical (unpaired) electrons. The number of hydrogen-bond donors (Lipinski definition) is 1. The normalized spacial score (nSPS) is 23.5. The third-order valence-corrected chi connectivity index (χ3v) is 7.44. The average molecular weight is 521 g/mol. The number of anilines is 1. The zero-order valence-electron chi connectivity index (χ0n) is 21.4. The predicted molar refractivity (Wildman–Crippen MR) is 138 cm³/mol. The van der Waals surface area contributed by atoms with Crippen molar-refractivity contribution in [3.63, 3.8) is 0 Å². The Morgan fingerprint density at radius 3 is 2.53 bits per heavy atom. The Kier molecular flexibility index (Phi) is 7.23. The molecule has 9 heteroatoms. The van der Waals surface area contributed by atoms with Crippen molar-refractivity contribution >= 4 is 23.5 Å². The lowest BCUT2D eigenvalue weighted by atomic mass is 9.89. The summed E-state index contributed by atoms with van der Waals surface area (Å²) in [6.45, 7) is 6.50. The Balaban J connectivity index is 1.37. The van der Waals surface area contributed by atoms with Gasteiger partial charge in [0.1, 0.15) is 12.0 Å². The molecule has 2 aromatic carbocycles. The first-order chi connectivity index (χ1) is 18.3. The van der Waals surface area contributed by atoms with Crippen molar-refractivity contribution in [2.75, 3.05) is 18.0 Å². The summed E-state index contributed by atoms with van der Waals surface area (Å²) < 4.78 is 16.8. The van der Waals surface area contributed by atoms with Crippen molar-refractivity contribution in [1.29, 1.82) is 0 Å². The summed E-state index contributed by atoms with van der Waals surface area (Å²) in [7, 11) is 0. The second-order valence-corrected chi connectivity index (χ2v) is 9.95. The molecular weight excluding hydrogens is 488 g/mol. The highest BCUT2D eigenvalue weighted by atomic mass is 16.8. The first kappa shape index (κ1) is 25.9. The third-order valence-electron chi connectivity index (χ3n) is 7.44. The summed E-state index contributed by atoms with van der Waals surface area (Å²) in [6.07, 6.45) is 3.37. The number of aliphatic hydroxyl groups excluding tert-OH is 1. The van der Waals surface area contributed by atoms with E-state index in [1.165, 1.54) is 16.5 Å². The van der Waals surface area contributed by atoms with Gasteiger partial charge in [-0.2, -0.15) is 0 Å². The van der Waals surface area contributed by atoms with Crippen LogP contribution in [-0.2, 0) is 36.7 Å². The second-order valence-electron chi connectivity index (χ2n) is 9.95.